The van der Waals surface area contributed by atoms with E-state index in [-0.39, 0.29) is 0 Å². The first kappa shape index (κ1) is 11.7. The van der Waals surface area contributed by atoms with Crippen LogP contribution in [-0.4, -0.2) is 14.8 Å². The number of hydrogen-bond donors (Lipinski definition) is 0. The zero-order chi connectivity index (χ0) is 12.3. The highest BCUT2D eigenvalue weighted by Gasteiger charge is 2.05. The molecule has 0 aliphatic rings. The second-order valence-electron chi connectivity index (χ2n) is 3.69. The molecule has 2 aromatic rings. The van der Waals surface area contributed by atoms with Crippen LogP contribution in [0.4, 0.5) is 0 Å². The second-order valence-corrected chi connectivity index (χ2v) is 4.63. The van der Waals surface area contributed by atoms with Gasteiger partial charge >= 0.3 is 0 Å². The zero-order valence-electron chi connectivity index (χ0n) is 9.71. The van der Waals surface area contributed by atoms with E-state index in [1.807, 2.05) is 36.7 Å². The molecule has 0 saturated heterocycles. The van der Waals surface area contributed by atoms with Crippen LogP contribution >= 0.6 is 11.8 Å². The first-order valence-electron chi connectivity index (χ1n) is 5.18. The molecule has 2 rings (SSSR count). The standard InChI is InChI=1S/C12H12N4S/c1-9-14-15-12(16(9)2)17-8-11-5-3-4-10(6-11)7-13/h3-6H,8H2,1-2H3. The van der Waals surface area contributed by atoms with Gasteiger partial charge in [-0.2, -0.15) is 5.26 Å². The molecule has 4 nitrogen and oxygen atoms in total. The van der Waals surface area contributed by atoms with E-state index in [1.165, 1.54) is 0 Å². The maximum atomic E-state index is 8.81. The molecular formula is C12H12N4S. The molecule has 5 heteroatoms. The predicted molar refractivity (Wildman–Crippen MR) is 66.5 cm³/mol. The number of hydrogen-bond acceptors (Lipinski definition) is 4. The zero-order valence-corrected chi connectivity index (χ0v) is 10.5. The quantitative estimate of drug-likeness (QED) is 0.777. The molecule has 0 amide bonds. The molecule has 0 atom stereocenters. The average Bonchev–Trinajstić information content (AvgIpc) is 2.68. The molecule has 0 unspecified atom stereocenters. The molecule has 1 aromatic carbocycles. The maximum Gasteiger partial charge on any atom is 0.191 e. The summed E-state index contributed by atoms with van der Waals surface area (Å²) in [6.45, 7) is 1.92. The van der Waals surface area contributed by atoms with Crippen LogP contribution in [0.5, 0.6) is 0 Å². The first-order chi connectivity index (χ1) is 8.20. The van der Waals surface area contributed by atoms with Crippen molar-refractivity contribution in [1.29, 1.82) is 5.26 Å². The van der Waals surface area contributed by atoms with Crippen molar-refractivity contribution in [3.8, 4) is 6.07 Å². The molecule has 1 aromatic heterocycles. The molecule has 0 radical (unpaired) electrons. The van der Waals surface area contributed by atoms with E-state index in [1.54, 1.807) is 17.8 Å². The van der Waals surface area contributed by atoms with Gasteiger partial charge in [-0.05, 0) is 24.6 Å². The lowest BCUT2D eigenvalue weighted by Gasteiger charge is -2.02. The normalized spacial score (nSPS) is 10.2. The van der Waals surface area contributed by atoms with E-state index in [2.05, 4.69) is 16.3 Å². The lowest BCUT2D eigenvalue weighted by Crippen LogP contribution is -1.93. The van der Waals surface area contributed by atoms with Crippen molar-refractivity contribution in [3.63, 3.8) is 0 Å². The minimum atomic E-state index is 0.692. The summed E-state index contributed by atoms with van der Waals surface area (Å²) >= 11 is 1.62. The molecule has 0 aliphatic carbocycles. The van der Waals surface area contributed by atoms with Gasteiger partial charge in [0.15, 0.2) is 5.16 Å². The van der Waals surface area contributed by atoms with Gasteiger partial charge in [0.05, 0.1) is 11.6 Å². The lowest BCUT2D eigenvalue weighted by atomic mass is 10.2. The molecule has 0 bridgehead atoms. The first-order valence-corrected chi connectivity index (χ1v) is 6.17. The Morgan fingerprint density at radius 1 is 1.41 bits per heavy atom. The lowest BCUT2D eigenvalue weighted by molar-refractivity contribution is 0.765. The van der Waals surface area contributed by atoms with Crippen LogP contribution in [-0.2, 0) is 12.8 Å². The number of nitrogens with zero attached hydrogens (tertiary/aromatic N) is 4. The fourth-order valence-corrected chi connectivity index (χ4v) is 2.29. The molecule has 0 saturated carbocycles. The highest BCUT2D eigenvalue weighted by atomic mass is 32.2. The Morgan fingerprint density at radius 2 is 2.24 bits per heavy atom. The van der Waals surface area contributed by atoms with Gasteiger partial charge < -0.3 is 4.57 Å². The van der Waals surface area contributed by atoms with Crippen LogP contribution in [0.15, 0.2) is 29.4 Å². The van der Waals surface area contributed by atoms with E-state index in [0.717, 1.165) is 22.3 Å². The molecular weight excluding hydrogens is 232 g/mol. The van der Waals surface area contributed by atoms with Gasteiger partial charge in [-0.15, -0.1) is 10.2 Å². The van der Waals surface area contributed by atoms with Gasteiger partial charge in [-0.3, -0.25) is 0 Å². The van der Waals surface area contributed by atoms with Gasteiger partial charge in [0, 0.05) is 12.8 Å². The number of nitriles is 1. The molecule has 17 heavy (non-hydrogen) atoms. The van der Waals surface area contributed by atoms with Gasteiger partial charge in [0.25, 0.3) is 0 Å². The van der Waals surface area contributed by atoms with E-state index >= 15 is 0 Å². The van der Waals surface area contributed by atoms with Gasteiger partial charge in [0.1, 0.15) is 5.82 Å². The third-order valence-corrected chi connectivity index (χ3v) is 3.57. The number of rotatable bonds is 3. The van der Waals surface area contributed by atoms with Crippen LogP contribution < -0.4 is 0 Å². The van der Waals surface area contributed by atoms with Crippen molar-refractivity contribution in [3.05, 3.63) is 41.2 Å². The van der Waals surface area contributed by atoms with Crippen LogP contribution in [0.3, 0.4) is 0 Å². The summed E-state index contributed by atoms with van der Waals surface area (Å²) in [5.41, 5.74) is 1.81. The SMILES string of the molecule is Cc1nnc(SCc2cccc(C#N)c2)n1C. The highest BCUT2D eigenvalue weighted by molar-refractivity contribution is 7.98. The summed E-state index contributed by atoms with van der Waals surface area (Å²) in [6.07, 6.45) is 0. The van der Waals surface area contributed by atoms with E-state index in [4.69, 9.17) is 5.26 Å². The predicted octanol–water partition coefficient (Wildman–Crippen LogP) is 2.29. The van der Waals surface area contributed by atoms with Crippen LogP contribution in [0, 0.1) is 18.3 Å². The Bertz CT molecular complexity index is 568. The third kappa shape index (κ3) is 2.66. The van der Waals surface area contributed by atoms with Crippen molar-refractivity contribution in [1.82, 2.24) is 14.8 Å². The van der Waals surface area contributed by atoms with Crippen LogP contribution in [0.25, 0.3) is 0 Å². The minimum Gasteiger partial charge on any atom is -0.309 e. The smallest absolute Gasteiger partial charge is 0.191 e. The second kappa shape index (κ2) is 5.02. The van der Waals surface area contributed by atoms with Crippen molar-refractivity contribution in [2.24, 2.45) is 7.05 Å². The Balaban J connectivity index is 2.07. The summed E-state index contributed by atoms with van der Waals surface area (Å²) in [5, 5.41) is 17.8. The van der Waals surface area contributed by atoms with Crippen molar-refractivity contribution in [2.75, 3.05) is 0 Å². The summed E-state index contributed by atoms with van der Waals surface area (Å²) in [5.74, 6) is 1.69. The van der Waals surface area contributed by atoms with E-state index < -0.39 is 0 Å². The number of aryl methyl sites for hydroxylation is 1. The van der Waals surface area contributed by atoms with Crippen LogP contribution in [0.2, 0.25) is 0 Å². The maximum absolute atomic E-state index is 8.81. The monoisotopic (exact) mass is 244 g/mol. The molecule has 0 spiro atoms. The number of benzene rings is 1. The van der Waals surface area contributed by atoms with Crippen molar-refractivity contribution >= 4 is 11.8 Å². The fraction of sp³-hybridized carbons (Fsp3) is 0.250. The Labute approximate surface area is 104 Å². The van der Waals surface area contributed by atoms with Gasteiger partial charge in [-0.1, -0.05) is 23.9 Å². The van der Waals surface area contributed by atoms with Gasteiger partial charge in [-0.25, -0.2) is 0 Å². The van der Waals surface area contributed by atoms with E-state index in [9.17, 15) is 0 Å². The molecule has 1 heterocycles. The largest absolute Gasteiger partial charge is 0.309 e. The summed E-state index contributed by atoms with van der Waals surface area (Å²) in [4.78, 5) is 0. The number of thioether (sulfide) groups is 1. The fourth-order valence-electron chi connectivity index (χ4n) is 1.39. The average molecular weight is 244 g/mol. The molecule has 0 fully saturated rings. The van der Waals surface area contributed by atoms with Crippen molar-refractivity contribution < 1.29 is 0 Å². The molecule has 86 valence electrons. The Morgan fingerprint density at radius 3 is 2.88 bits per heavy atom. The van der Waals surface area contributed by atoms with Crippen LogP contribution in [0.1, 0.15) is 17.0 Å². The topological polar surface area (TPSA) is 54.5 Å². The minimum absolute atomic E-state index is 0.692. The van der Waals surface area contributed by atoms with E-state index in [0.29, 0.717) is 5.56 Å². The summed E-state index contributed by atoms with van der Waals surface area (Å²) in [6, 6.07) is 9.75. The van der Waals surface area contributed by atoms with Crippen molar-refractivity contribution in [2.45, 2.75) is 17.8 Å². The summed E-state index contributed by atoms with van der Waals surface area (Å²) < 4.78 is 1.96. The third-order valence-electron chi connectivity index (χ3n) is 2.48. The Hall–Kier alpha value is -1.80. The molecule has 0 aliphatic heterocycles. The Kier molecular flexibility index (Phi) is 3.45. The highest BCUT2D eigenvalue weighted by Crippen LogP contribution is 2.21. The summed E-state index contributed by atoms with van der Waals surface area (Å²) in [7, 11) is 1.95. The molecule has 0 N–H and O–H groups in total. The number of aromatic nitrogens is 3. The van der Waals surface area contributed by atoms with Gasteiger partial charge in [0.2, 0.25) is 0 Å².